The fourth-order valence-electron chi connectivity index (χ4n) is 2.05. The third kappa shape index (κ3) is 3.33. The Balaban J connectivity index is 2.39. The summed E-state index contributed by atoms with van der Waals surface area (Å²) in [5.74, 6) is 0.465. The quantitative estimate of drug-likeness (QED) is 0.928. The second-order valence-corrected chi connectivity index (χ2v) is 4.30. The van der Waals surface area contributed by atoms with Gasteiger partial charge in [0, 0.05) is 11.1 Å². The highest BCUT2D eigenvalue weighted by Crippen LogP contribution is 2.33. The Hall–Kier alpha value is -1.95. The Morgan fingerprint density at radius 1 is 1.25 bits per heavy atom. The number of benzene rings is 1. The van der Waals surface area contributed by atoms with Crippen molar-refractivity contribution >= 4 is 0 Å². The Morgan fingerprint density at radius 2 is 1.95 bits per heavy atom. The van der Waals surface area contributed by atoms with Crippen molar-refractivity contribution < 1.29 is 22.3 Å². The summed E-state index contributed by atoms with van der Waals surface area (Å²) >= 11 is 0. The van der Waals surface area contributed by atoms with Crippen molar-refractivity contribution in [2.75, 3.05) is 7.05 Å². The van der Waals surface area contributed by atoms with Crippen molar-refractivity contribution in [2.45, 2.75) is 19.3 Å². The minimum atomic E-state index is -4.72. The van der Waals surface area contributed by atoms with E-state index in [-0.39, 0.29) is 5.75 Å². The lowest BCUT2D eigenvalue weighted by Crippen LogP contribution is -2.22. The van der Waals surface area contributed by atoms with E-state index >= 15 is 0 Å². The molecule has 1 aromatic carbocycles. The minimum Gasteiger partial charge on any atom is -0.469 e. The van der Waals surface area contributed by atoms with Crippen LogP contribution in [-0.2, 0) is 0 Å². The summed E-state index contributed by atoms with van der Waals surface area (Å²) < 4.78 is 46.6. The first-order chi connectivity index (χ1) is 9.40. The normalized spacial score (nSPS) is 13.2. The number of alkyl halides is 3. The Morgan fingerprint density at radius 3 is 2.50 bits per heavy atom. The van der Waals surface area contributed by atoms with E-state index in [0.29, 0.717) is 11.3 Å². The molecule has 0 fully saturated rings. The van der Waals surface area contributed by atoms with Gasteiger partial charge in [-0.1, -0.05) is 18.2 Å². The van der Waals surface area contributed by atoms with Crippen LogP contribution >= 0.6 is 0 Å². The number of ether oxygens (including phenoxy) is 1. The maximum atomic E-state index is 12.4. The lowest BCUT2D eigenvalue weighted by atomic mass is 10.00. The fourth-order valence-corrected chi connectivity index (χ4v) is 2.05. The third-order valence-electron chi connectivity index (χ3n) is 2.83. The lowest BCUT2D eigenvalue weighted by Gasteiger charge is -2.19. The van der Waals surface area contributed by atoms with Gasteiger partial charge in [0.1, 0.15) is 11.5 Å². The molecule has 0 spiro atoms. The van der Waals surface area contributed by atoms with Crippen LogP contribution in [0.1, 0.15) is 22.9 Å². The van der Waals surface area contributed by atoms with Crippen molar-refractivity contribution in [2.24, 2.45) is 0 Å². The van der Waals surface area contributed by atoms with E-state index in [4.69, 9.17) is 4.42 Å². The van der Waals surface area contributed by atoms with Gasteiger partial charge in [-0.2, -0.15) is 0 Å². The summed E-state index contributed by atoms with van der Waals surface area (Å²) in [5, 5.41) is 2.97. The van der Waals surface area contributed by atoms with Crippen molar-refractivity contribution in [3.05, 3.63) is 53.5 Å². The van der Waals surface area contributed by atoms with E-state index < -0.39 is 12.4 Å². The van der Waals surface area contributed by atoms with E-state index in [9.17, 15) is 13.2 Å². The van der Waals surface area contributed by atoms with Gasteiger partial charge in [0.05, 0.1) is 12.3 Å². The van der Waals surface area contributed by atoms with E-state index in [1.54, 1.807) is 32.2 Å². The van der Waals surface area contributed by atoms with Gasteiger partial charge < -0.3 is 14.5 Å². The predicted molar refractivity (Wildman–Crippen MR) is 67.5 cm³/mol. The SMILES string of the molecule is CNC(c1coc(C)c1)c1ccccc1OC(F)(F)F. The number of nitrogens with one attached hydrogen (secondary N) is 1. The Labute approximate surface area is 114 Å². The average molecular weight is 285 g/mol. The third-order valence-corrected chi connectivity index (χ3v) is 2.83. The highest BCUT2D eigenvalue weighted by atomic mass is 19.4. The summed E-state index contributed by atoms with van der Waals surface area (Å²) in [6.07, 6.45) is -3.21. The van der Waals surface area contributed by atoms with E-state index in [1.165, 1.54) is 18.4 Å². The second-order valence-electron chi connectivity index (χ2n) is 4.30. The van der Waals surface area contributed by atoms with Crippen molar-refractivity contribution in [1.29, 1.82) is 0 Å². The zero-order valence-corrected chi connectivity index (χ0v) is 11.0. The molecule has 1 aromatic heterocycles. The highest BCUT2D eigenvalue weighted by molar-refractivity contribution is 5.41. The van der Waals surface area contributed by atoms with Gasteiger partial charge in [-0.3, -0.25) is 0 Å². The van der Waals surface area contributed by atoms with Crippen LogP contribution in [0, 0.1) is 6.92 Å². The number of furan rings is 1. The van der Waals surface area contributed by atoms with Crippen LogP contribution in [0.25, 0.3) is 0 Å². The van der Waals surface area contributed by atoms with Crippen LogP contribution in [0.3, 0.4) is 0 Å². The minimum absolute atomic E-state index is 0.224. The monoisotopic (exact) mass is 285 g/mol. The molecule has 3 nitrogen and oxygen atoms in total. The van der Waals surface area contributed by atoms with Gasteiger partial charge in [0.2, 0.25) is 0 Å². The molecular weight excluding hydrogens is 271 g/mol. The smallest absolute Gasteiger partial charge is 0.469 e. The lowest BCUT2D eigenvalue weighted by molar-refractivity contribution is -0.275. The van der Waals surface area contributed by atoms with Gasteiger partial charge in [-0.05, 0) is 26.1 Å². The highest BCUT2D eigenvalue weighted by Gasteiger charge is 2.33. The van der Waals surface area contributed by atoms with E-state index in [2.05, 4.69) is 10.1 Å². The molecule has 6 heteroatoms. The van der Waals surface area contributed by atoms with Gasteiger partial charge in [0.25, 0.3) is 0 Å². The van der Waals surface area contributed by atoms with E-state index in [1.807, 2.05) is 0 Å². The summed E-state index contributed by atoms with van der Waals surface area (Å²) in [7, 11) is 1.66. The predicted octanol–water partition coefficient (Wildman–Crippen LogP) is 3.80. The number of para-hydroxylation sites is 1. The molecule has 0 saturated carbocycles. The van der Waals surface area contributed by atoms with Gasteiger partial charge in [0.15, 0.2) is 0 Å². The molecular formula is C14H14F3NO2. The molecule has 108 valence electrons. The van der Waals surface area contributed by atoms with Crippen molar-refractivity contribution in [1.82, 2.24) is 5.32 Å². The standard InChI is InChI=1S/C14H14F3NO2/c1-9-7-10(8-19-9)13(18-2)11-5-3-4-6-12(11)20-14(15,16)17/h3-8,13,18H,1-2H3. The first-order valence-corrected chi connectivity index (χ1v) is 5.97. The maximum absolute atomic E-state index is 12.4. The molecule has 1 unspecified atom stereocenters. The molecule has 0 aliphatic rings. The van der Waals surface area contributed by atoms with Crippen LogP contribution in [0.5, 0.6) is 5.75 Å². The molecule has 1 heterocycles. The molecule has 20 heavy (non-hydrogen) atoms. The van der Waals surface area contributed by atoms with Crippen LogP contribution in [-0.4, -0.2) is 13.4 Å². The Kier molecular flexibility index (Phi) is 4.04. The molecule has 0 saturated heterocycles. The molecule has 0 radical (unpaired) electrons. The van der Waals surface area contributed by atoms with Crippen LogP contribution in [0.2, 0.25) is 0 Å². The van der Waals surface area contributed by atoms with Crippen molar-refractivity contribution in [3.8, 4) is 5.75 Å². The van der Waals surface area contributed by atoms with Crippen molar-refractivity contribution in [3.63, 3.8) is 0 Å². The Bertz CT molecular complexity index is 578. The number of halogens is 3. The summed E-state index contributed by atoms with van der Waals surface area (Å²) in [6, 6.07) is 7.37. The summed E-state index contributed by atoms with van der Waals surface area (Å²) in [5.41, 5.74) is 1.14. The van der Waals surface area contributed by atoms with Gasteiger partial charge in [-0.15, -0.1) is 13.2 Å². The molecule has 0 aliphatic heterocycles. The molecule has 0 aliphatic carbocycles. The van der Waals surface area contributed by atoms with E-state index in [0.717, 1.165) is 5.56 Å². The molecule has 0 amide bonds. The number of hydrogen-bond donors (Lipinski definition) is 1. The fraction of sp³-hybridized carbons (Fsp3) is 0.286. The molecule has 0 bridgehead atoms. The van der Waals surface area contributed by atoms with Gasteiger partial charge >= 0.3 is 6.36 Å². The maximum Gasteiger partial charge on any atom is 0.573 e. The first kappa shape index (κ1) is 14.5. The number of rotatable bonds is 4. The molecule has 2 rings (SSSR count). The average Bonchev–Trinajstić information content (AvgIpc) is 2.77. The summed E-state index contributed by atoms with van der Waals surface area (Å²) in [6.45, 7) is 1.77. The number of hydrogen-bond acceptors (Lipinski definition) is 3. The topological polar surface area (TPSA) is 34.4 Å². The van der Waals surface area contributed by atoms with Crippen LogP contribution < -0.4 is 10.1 Å². The second kappa shape index (κ2) is 5.58. The zero-order valence-electron chi connectivity index (χ0n) is 11.0. The summed E-state index contributed by atoms with van der Waals surface area (Å²) in [4.78, 5) is 0. The first-order valence-electron chi connectivity index (χ1n) is 5.97. The van der Waals surface area contributed by atoms with Crippen LogP contribution in [0.4, 0.5) is 13.2 Å². The molecule has 1 N–H and O–H groups in total. The number of aryl methyl sites for hydroxylation is 1. The largest absolute Gasteiger partial charge is 0.573 e. The zero-order chi connectivity index (χ0) is 14.8. The molecule has 1 atom stereocenters. The van der Waals surface area contributed by atoms with Crippen LogP contribution in [0.15, 0.2) is 41.0 Å². The van der Waals surface area contributed by atoms with Gasteiger partial charge in [-0.25, -0.2) is 0 Å². The molecule has 2 aromatic rings.